The van der Waals surface area contributed by atoms with Gasteiger partial charge in [0.15, 0.2) is 0 Å². The van der Waals surface area contributed by atoms with Gasteiger partial charge >= 0.3 is 0 Å². The van der Waals surface area contributed by atoms with Gasteiger partial charge in [0, 0.05) is 0 Å². The monoisotopic (exact) mass is 304 g/mol. The largest absolute Gasteiger partial charge is 0.386 e. The van der Waals surface area contributed by atoms with E-state index < -0.39 is 12.2 Å². The van der Waals surface area contributed by atoms with Crippen LogP contribution >= 0.6 is 0 Å². The molecule has 0 aliphatic heterocycles. The molecule has 1 aliphatic carbocycles. The van der Waals surface area contributed by atoms with E-state index in [9.17, 15) is 10.2 Å². The van der Waals surface area contributed by atoms with Gasteiger partial charge in [0.05, 0.1) is 0 Å². The molecule has 0 unspecified atom stereocenters. The summed E-state index contributed by atoms with van der Waals surface area (Å²) < 4.78 is 0. The van der Waals surface area contributed by atoms with Gasteiger partial charge in [-0.15, -0.1) is 0 Å². The second kappa shape index (κ2) is 9.12. The number of allylic oxidation sites excluding steroid dienone is 6. The number of aliphatic hydroxyl groups excluding tert-OH is 2. The second-order valence-corrected chi connectivity index (χ2v) is 6.80. The van der Waals surface area contributed by atoms with Crippen LogP contribution in [0.2, 0.25) is 0 Å². The molecule has 2 N–H and O–H groups in total. The van der Waals surface area contributed by atoms with Crippen molar-refractivity contribution in [2.75, 3.05) is 0 Å². The zero-order valence-electron chi connectivity index (χ0n) is 14.8. The van der Waals surface area contributed by atoms with Crippen molar-refractivity contribution in [3.8, 4) is 0 Å². The van der Waals surface area contributed by atoms with Crippen molar-refractivity contribution in [2.24, 2.45) is 5.92 Å². The molecule has 22 heavy (non-hydrogen) atoms. The van der Waals surface area contributed by atoms with E-state index in [1.807, 2.05) is 13.0 Å². The summed E-state index contributed by atoms with van der Waals surface area (Å²) in [6, 6.07) is 0. The molecule has 0 saturated heterocycles. The smallest absolute Gasteiger partial charge is 0.105 e. The van der Waals surface area contributed by atoms with Crippen LogP contribution in [0.15, 0.2) is 46.6 Å². The van der Waals surface area contributed by atoms with E-state index in [0.29, 0.717) is 0 Å². The Morgan fingerprint density at radius 2 is 1.45 bits per heavy atom. The van der Waals surface area contributed by atoms with Crippen molar-refractivity contribution in [3.05, 3.63) is 46.6 Å². The fourth-order valence-electron chi connectivity index (χ4n) is 2.68. The van der Waals surface area contributed by atoms with Gasteiger partial charge in [-0.2, -0.15) is 0 Å². The molecule has 0 saturated carbocycles. The first-order chi connectivity index (χ1) is 10.3. The van der Waals surface area contributed by atoms with Crippen LogP contribution in [-0.4, -0.2) is 22.4 Å². The van der Waals surface area contributed by atoms with Gasteiger partial charge in [0.25, 0.3) is 0 Å². The lowest BCUT2D eigenvalue weighted by Gasteiger charge is -2.24. The van der Waals surface area contributed by atoms with Crippen LogP contribution in [0.5, 0.6) is 0 Å². The highest BCUT2D eigenvalue weighted by molar-refractivity contribution is 5.25. The van der Waals surface area contributed by atoms with Crippen LogP contribution < -0.4 is 0 Å². The highest BCUT2D eigenvalue weighted by Crippen LogP contribution is 2.22. The van der Waals surface area contributed by atoms with Gasteiger partial charge in [-0.3, -0.25) is 0 Å². The Hall–Kier alpha value is -1.12. The molecule has 2 atom stereocenters. The van der Waals surface area contributed by atoms with Gasteiger partial charge in [0.1, 0.15) is 12.2 Å². The van der Waals surface area contributed by atoms with Crippen LogP contribution in [-0.2, 0) is 0 Å². The van der Waals surface area contributed by atoms with Gasteiger partial charge in [0.2, 0.25) is 0 Å². The first kappa shape index (κ1) is 18.9. The molecule has 0 heterocycles. The minimum absolute atomic E-state index is 0.205. The molecule has 0 bridgehead atoms. The Kier molecular flexibility index (Phi) is 7.84. The van der Waals surface area contributed by atoms with Crippen molar-refractivity contribution in [1.29, 1.82) is 0 Å². The van der Waals surface area contributed by atoms with Crippen molar-refractivity contribution < 1.29 is 10.2 Å². The van der Waals surface area contributed by atoms with E-state index in [4.69, 9.17) is 0 Å². The van der Waals surface area contributed by atoms with Crippen LogP contribution in [0.3, 0.4) is 0 Å². The molecule has 1 rings (SSSR count). The number of hydrogen-bond donors (Lipinski definition) is 2. The van der Waals surface area contributed by atoms with Crippen LogP contribution in [0.1, 0.15) is 60.3 Å². The molecule has 0 fully saturated rings. The fourth-order valence-corrected chi connectivity index (χ4v) is 2.68. The Morgan fingerprint density at radius 3 is 2.09 bits per heavy atom. The lowest BCUT2D eigenvalue weighted by molar-refractivity contribution is 0.0603. The SMILES string of the molecule is C/C1=C/C=C(/C(C)C)[C@@H](O)[C@H](O)/C(C)=C/CC/C(C)=C/CC1. The van der Waals surface area contributed by atoms with Crippen LogP contribution in [0.25, 0.3) is 0 Å². The molecule has 0 aromatic rings. The zero-order valence-corrected chi connectivity index (χ0v) is 14.8. The molecule has 2 nitrogen and oxygen atoms in total. The average molecular weight is 304 g/mol. The standard InChI is InChI=1S/C20H32O2/c1-14(2)18-13-12-16(4)9-6-8-15(3)10-7-11-17(5)19(21)20(18)22/h8,11-14,19-22H,6-7,9-10H2,1-5H3/b15-8+,16-12-,17-11+,18-13-/t19-,20-/m1/s1. The topological polar surface area (TPSA) is 40.5 Å². The maximum atomic E-state index is 10.5. The van der Waals surface area contributed by atoms with Gasteiger partial charge < -0.3 is 10.2 Å². The van der Waals surface area contributed by atoms with Gasteiger partial charge in [-0.1, -0.05) is 49.3 Å². The molecule has 0 amide bonds. The molecule has 1 aliphatic rings. The molecule has 2 heteroatoms. The fraction of sp³-hybridized carbons (Fsp3) is 0.600. The summed E-state index contributed by atoms with van der Waals surface area (Å²) in [7, 11) is 0. The lowest BCUT2D eigenvalue weighted by Crippen LogP contribution is -2.30. The molecule has 124 valence electrons. The van der Waals surface area contributed by atoms with Crippen LogP contribution in [0, 0.1) is 5.92 Å². The summed E-state index contributed by atoms with van der Waals surface area (Å²) in [6.07, 6.45) is 10.8. The van der Waals surface area contributed by atoms with E-state index in [2.05, 4.69) is 45.9 Å². The molecule has 0 aromatic carbocycles. The predicted molar refractivity (Wildman–Crippen MR) is 94.7 cm³/mol. The predicted octanol–water partition coefficient (Wildman–Crippen LogP) is 4.70. The Balaban J connectivity index is 3.13. The maximum absolute atomic E-state index is 10.5. The highest BCUT2D eigenvalue weighted by atomic mass is 16.3. The van der Waals surface area contributed by atoms with E-state index in [1.54, 1.807) is 0 Å². The van der Waals surface area contributed by atoms with Crippen molar-refractivity contribution in [3.63, 3.8) is 0 Å². The number of hydrogen-bond acceptors (Lipinski definition) is 2. The van der Waals surface area contributed by atoms with E-state index in [0.717, 1.165) is 36.8 Å². The Bertz CT molecular complexity index is 478. The third-order valence-electron chi connectivity index (χ3n) is 4.37. The molecule has 0 aromatic heterocycles. The highest BCUT2D eigenvalue weighted by Gasteiger charge is 2.23. The summed E-state index contributed by atoms with van der Waals surface area (Å²) in [5.41, 5.74) is 4.43. The number of aliphatic hydroxyl groups is 2. The van der Waals surface area contributed by atoms with Crippen molar-refractivity contribution in [1.82, 2.24) is 0 Å². The van der Waals surface area contributed by atoms with E-state index >= 15 is 0 Å². The third-order valence-corrected chi connectivity index (χ3v) is 4.37. The summed E-state index contributed by atoms with van der Waals surface area (Å²) in [4.78, 5) is 0. The minimum Gasteiger partial charge on any atom is -0.386 e. The minimum atomic E-state index is -0.833. The Labute approximate surface area is 135 Å². The van der Waals surface area contributed by atoms with E-state index in [1.165, 1.54) is 11.1 Å². The maximum Gasteiger partial charge on any atom is 0.105 e. The molecular weight excluding hydrogens is 272 g/mol. The Morgan fingerprint density at radius 1 is 0.864 bits per heavy atom. The number of rotatable bonds is 1. The molecule has 0 radical (unpaired) electrons. The quantitative estimate of drug-likeness (QED) is 0.689. The van der Waals surface area contributed by atoms with Crippen molar-refractivity contribution in [2.45, 2.75) is 72.5 Å². The third kappa shape index (κ3) is 5.94. The first-order valence-corrected chi connectivity index (χ1v) is 8.38. The summed E-state index contributed by atoms with van der Waals surface area (Å²) in [5, 5.41) is 20.9. The van der Waals surface area contributed by atoms with Crippen LogP contribution in [0.4, 0.5) is 0 Å². The summed E-state index contributed by atoms with van der Waals surface area (Å²) in [6.45, 7) is 10.3. The average Bonchev–Trinajstić information content (AvgIpc) is 2.45. The summed E-state index contributed by atoms with van der Waals surface area (Å²) >= 11 is 0. The van der Waals surface area contributed by atoms with Gasteiger partial charge in [-0.25, -0.2) is 0 Å². The van der Waals surface area contributed by atoms with Gasteiger partial charge in [-0.05, 0) is 63.5 Å². The second-order valence-electron chi connectivity index (χ2n) is 6.80. The normalized spacial score (nSPS) is 35.3. The van der Waals surface area contributed by atoms with E-state index in [-0.39, 0.29) is 5.92 Å². The first-order valence-electron chi connectivity index (χ1n) is 8.38. The zero-order chi connectivity index (χ0) is 16.7. The lowest BCUT2D eigenvalue weighted by atomic mass is 9.90. The summed E-state index contributed by atoms with van der Waals surface area (Å²) in [5.74, 6) is 0.205. The van der Waals surface area contributed by atoms with Crippen molar-refractivity contribution >= 4 is 0 Å². The molecule has 0 spiro atoms. The molecular formula is C20H32O2.